The van der Waals surface area contributed by atoms with Crippen molar-refractivity contribution < 1.29 is 5.11 Å². The van der Waals surface area contributed by atoms with Gasteiger partial charge in [0.25, 0.3) is 0 Å². The molecule has 1 unspecified atom stereocenters. The fourth-order valence-corrected chi connectivity index (χ4v) is 2.82. The standard InChI is InChI=1S/C12H17BrOS/c1-2-3-6-10(14)9-15-12-8-5-4-7-11(12)13/h4-5,7-8,10,14H,2-3,6,9H2,1H3. The van der Waals surface area contributed by atoms with Crippen LogP contribution in [0.4, 0.5) is 0 Å². The van der Waals surface area contributed by atoms with E-state index in [4.69, 9.17) is 0 Å². The van der Waals surface area contributed by atoms with E-state index in [2.05, 4.69) is 28.9 Å². The lowest BCUT2D eigenvalue weighted by Gasteiger charge is -2.10. The van der Waals surface area contributed by atoms with Crippen LogP contribution < -0.4 is 0 Å². The fraction of sp³-hybridized carbons (Fsp3) is 0.500. The second kappa shape index (κ2) is 7.31. The van der Waals surface area contributed by atoms with Gasteiger partial charge >= 0.3 is 0 Å². The first-order valence-electron chi connectivity index (χ1n) is 5.29. The predicted molar refractivity (Wildman–Crippen MR) is 70.4 cm³/mol. The highest BCUT2D eigenvalue weighted by Gasteiger charge is 2.05. The lowest BCUT2D eigenvalue weighted by Crippen LogP contribution is -2.09. The van der Waals surface area contributed by atoms with E-state index in [-0.39, 0.29) is 6.10 Å². The highest BCUT2D eigenvalue weighted by molar-refractivity contribution is 9.10. The minimum atomic E-state index is -0.179. The Kier molecular flexibility index (Phi) is 6.37. The zero-order valence-electron chi connectivity index (χ0n) is 8.95. The Bertz CT molecular complexity index is 291. The largest absolute Gasteiger partial charge is 0.392 e. The van der Waals surface area contributed by atoms with Gasteiger partial charge in [-0.1, -0.05) is 31.9 Å². The summed E-state index contributed by atoms with van der Waals surface area (Å²) >= 11 is 5.21. The molecule has 0 radical (unpaired) electrons. The highest BCUT2D eigenvalue weighted by Crippen LogP contribution is 2.27. The number of halogens is 1. The number of hydrogen-bond donors (Lipinski definition) is 1. The number of aliphatic hydroxyl groups is 1. The molecule has 1 rings (SSSR count). The maximum Gasteiger partial charge on any atom is 0.0634 e. The van der Waals surface area contributed by atoms with Crippen molar-refractivity contribution in [3.63, 3.8) is 0 Å². The van der Waals surface area contributed by atoms with Crippen LogP contribution in [0.1, 0.15) is 26.2 Å². The first-order valence-corrected chi connectivity index (χ1v) is 7.07. The van der Waals surface area contributed by atoms with E-state index in [9.17, 15) is 5.11 Å². The minimum Gasteiger partial charge on any atom is -0.392 e. The summed E-state index contributed by atoms with van der Waals surface area (Å²) in [5.41, 5.74) is 0. The zero-order chi connectivity index (χ0) is 11.1. The van der Waals surface area contributed by atoms with Crippen molar-refractivity contribution in [1.29, 1.82) is 0 Å². The summed E-state index contributed by atoms with van der Waals surface area (Å²) in [4.78, 5) is 1.20. The van der Waals surface area contributed by atoms with Crippen molar-refractivity contribution >= 4 is 27.7 Å². The van der Waals surface area contributed by atoms with Crippen molar-refractivity contribution in [2.24, 2.45) is 0 Å². The van der Waals surface area contributed by atoms with Crippen LogP contribution in [0.3, 0.4) is 0 Å². The van der Waals surface area contributed by atoms with Gasteiger partial charge in [0.15, 0.2) is 0 Å². The maximum absolute atomic E-state index is 9.70. The van der Waals surface area contributed by atoms with Crippen molar-refractivity contribution in [2.75, 3.05) is 5.75 Å². The Morgan fingerprint density at radius 3 is 2.80 bits per heavy atom. The fourth-order valence-electron chi connectivity index (χ4n) is 1.27. The van der Waals surface area contributed by atoms with Gasteiger partial charge in [-0.3, -0.25) is 0 Å². The number of thioether (sulfide) groups is 1. The first-order chi connectivity index (χ1) is 7.24. The third kappa shape index (κ3) is 5.05. The van der Waals surface area contributed by atoms with Crippen LogP contribution in [-0.2, 0) is 0 Å². The van der Waals surface area contributed by atoms with Crippen molar-refractivity contribution in [3.05, 3.63) is 28.7 Å². The summed E-state index contributed by atoms with van der Waals surface area (Å²) in [6, 6.07) is 8.12. The van der Waals surface area contributed by atoms with E-state index in [0.29, 0.717) is 0 Å². The number of benzene rings is 1. The van der Waals surface area contributed by atoms with Gasteiger partial charge in [0.2, 0.25) is 0 Å². The van der Waals surface area contributed by atoms with Gasteiger partial charge in [-0.2, -0.15) is 0 Å². The average Bonchev–Trinajstić information content (AvgIpc) is 2.25. The number of aliphatic hydroxyl groups excluding tert-OH is 1. The third-order valence-corrected chi connectivity index (χ3v) is 4.33. The van der Waals surface area contributed by atoms with E-state index in [0.717, 1.165) is 29.5 Å². The van der Waals surface area contributed by atoms with E-state index >= 15 is 0 Å². The van der Waals surface area contributed by atoms with E-state index < -0.39 is 0 Å². The molecule has 1 aromatic rings. The summed E-state index contributed by atoms with van der Waals surface area (Å²) in [5.74, 6) is 0.780. The van der Waals surface area contributed by atoms with Gasteiger partial charge in [-0.15, -0.1) is 11.8 Å². The summed E-state index contributed by atoms with van der Waals surface area (Å²) in [7, 11) is 0. The van der Waals surface area contributed by atoms with Gasteiger partial charge < -0.3 is 5.11 Å². The van der Waals surface area contributed by atoms with Gasteiger partial charge in [0.1, 0.15) is 0 Å². The van der Waals surface area contributed by atoms with Crippen LogP contribution in [0.2, 0.25) is 0 Å². The van der Waals surface area contributed by atoms with Crippen LogP contribution in [0.15, 0.2) is 33.6 Å². The third-order valence-electron chi connectivity index (χ3n) is 2.16. The second-order valence-electron chi connectivity index (χ2n) is 3.54. The topological polar surface area (TPSA) is 20.2 Å². The molecule has 1 nitrogen and oxygen atoms in total. The number of hydrogen-bond acceptors (Lipinski definition) is 2. The molecule has 0 saturated carbocycles. The molecule has 15 heavy (non-hydrogen) atoms. The van der Waals surface area contributed by atoms with Crippen LogP contribution in [0.5, 0.6) is 0 Å². The summed E-state index contributed by atoms with van der Waals surface area (Å²) in [6.07, 6.45) is 2.99. The zero-order valence-corrected chi connectivity index (χ0v) is 11.4. The summed E-state index contributed by atoms with van der Waals surface area (Å²) in [6.45, 7) is 2.15. The van der Waals surface area contributed by atoms with Crippen molar-refractivity contribution in [1.82, 2.24) is 0 Å². The predicted octanol–water partition coefficient (Wildman–Crippen LogP) is 4.09. The molecule has 0 heterocycles. The molecule has 0 amide bonds. The molecule has 1 atom stereocenters. The summed E-state index contributed by atoms with van der Waals surface area (Å²) in [5, 5.41) is 9.70. The molecule has 0 bridgehead atoms. The second-order valence-corrected chi connectivity index (χ2v) is 5.45. The maximum atomic E-state index is 9.70. The van der Waals surface area contributed by atoms with Gasteiger partial charge in [-0.05, 0) is 34.5 Å². The Hall–Kier alpha value is 0.01000. The molecule has 0 aromatic heterocycles. The Balaban J connectivity index is 2.33. The molecule has 0 aliphatic heterocycles. The molecule has 1 aromatic carbocycles. The molecule has 1 N–H and O–H groups in total. The Labute approximate surface area is 104 Å². The van der Waals surface area contributed by atoms with Gasteiger partial charge in [0.05, 0.1) is 6.10 Å². The average molecular weight is 289 g/mol. The number of rotatable bonds is 6. The summed E-state index contributed by atoms with van der Waals surface area (Å²) < 4.78 is 1.11. The molecule has 0 aliphatic rings. The number of unbranched alkanes of at least 4 members (excludes halogenated alkanes) is 1. The molecule has 84 valence electrons. The SMILES string of the molecule is CCCCC(O)CSc1ccccc1Br. The quantitative estimate of drug-likeness (QED) is 0.796. The van der Waals surface area contributed by atoms with Crippen LogP contribution in [-0.4, -0.2) is 17.0 Å². The van der Waals surface area contributed by atoms with E-state index in [1.54, 1.807) is 11.8 Å². The molecule has 0 saturated heterocycles. The molecule has 0 fully saturated rings. The molecular formula is C12H17BrOS. The van der Waals surface area contributed by atoms with Crippen molar-refractivity contribution in [3.8, 4) is 0 Å². The van der Waals surface area contributed by atoms with Gasteiger partial charge in [0, 0.05) is 15.1 Å². The van der Waals surface area contributed by atoms with Crippen LogP contribution in [0, 0.1) is 0 Å². The molecular weight excluding hydrogens is 272 g/mol. The highest BCUT2D eigenvalue weighted by atomic mass is 79.9. The van der Waals surface area contributed by atoms with Crippen LogP contribution in [0.25, 0.3) is 0 Å². The molecule has 0 aliphatic carbocycles. The van der Waals surface area contributed by atoms with Gasteiger partial charge in [-0.25, -0.2) is 0 Å². The lowest BCUT2D eigenvalue weighted by atomic mass is 10.2. The first kappa shape index (κ1) is 13.1. The Morgan fingerprint density at radius 2 is 2.13 bits per heavy atom. The minimum absolute atomic E-state index is 0.179. The smallest absolute Gasteiger partial charge is 0.0634 e. The normalized spacial score (nSPS) is 12.7. The molecule has 0 spiro atoms. The molecule has 3 heteroatoms. The van der Waals surface area contributed by atoms with E-state index in [1.807, 2.05) is 18.2 Å². The van der Waals surface area contributed by atoms with Crippen LogP contribution >= 0.6 is 27.7 Å². The lowest BCUT2D eigenvalue weighted by molar-refractivity contribution is 0.186. The van der Waals surface area contributed by atoms with Crippen molar-refractivity contribution in [2.45, 2.75) is 37.2 Å². The Morgan fingerprint density at radius 1 is 1.40 bits per heavy atom. The van der Waals surface area contributed by atoms with E-state index in [1.165, 1.54) is 4.90 Å². The monoisotopic (exact) mass is 288 g/mol.